The molecule has 0 spiro atoms. The Morgan fingerprint density at radius 2 is 2.06 bits per heavy atom. The minimum absolute atomic E-state index is 0.216. The first kappa shape index (κ1) is 12.8. The van der Waals surface area contributed by atoms with Crippen molar-refractivity contribution in [3.05, 3.63) is 24.3 Å². The molecule has 16 heavy (non-hydrogen) atoms. The highest BCUT2D eigenvalue weighted by atomic mass is 32.1. The second-order valence-corrected chi connectivity index (χ2v) is 3.80. The Bertz CT molecular complexity index is 355. The van der Waals surface area contributed by atoms with Gasteiger partial charge in [-0.3, -0.25) is 0 Å². The van der Waals surface area contributed by atoms with Crippen LogP contribution in [-0.4, -0.2) is 17.7 Å². The van der Waals surface area contributed by atoms with Gasteiger partial charge in [0.25, 0.3) is 0 Å². The van der Waals surface area contributed by atoms with Gasteiger partial charge in [0, 0.05) is 6.07 Å². The van der Waals surface area contributed by atoms with Crippen LogP contribution in [0.5, 0.6) is 11.5 Å². The van der Waals surface area contributed by atoms with Crippen LogP contribution in [0, 0.1) is 0 Å². The Hall–Kier alpha value is -1.29. The van der Waals surface area contributed by atoms with Crippen molar-refractivity contribution >= 4 is 17.2 Å². The lowest BCUT2D eigenvalue weighted by molar-refractivity contribution is 0.261. The Morgan fingerprint density at radius 1 is 1.38 bits per heavy atom. The molecule has 2 N–H and O–H groups in total. The molecule has 0 radical (unpaired) electrons. The zero-order chi connectivity index (χ0) is 12.0. The molecule has 0 heterocycles. The van der Waals surface area contributed by atoms with Crippen molar-refractivity contribution in [3.63, 3.8) is 0 Å². The maximum absolute atomic E-state index is 5.67. The molecule has 0 saturated carbocycles. The fourth-order valence-corrected chi connectivity index (χ4v) is 1.53. The predicted molar refractivity (Wildman–Crippen MR) is 69.1 cm³/mol. The van der Waals surface area contributed by atoms with Crippen LogP contribution < -0.4 is 15.2 Å². The monoisotopic (exact) mass is 239 g/mol. The highest BCUT2D eigenvalue weighted by molar-refractivity contribution is 7.80. The maximum Gasteiger partial charge on any atom is 0.148 e. The number of hydrogen-bond acceptors (Lipinski definition) is 3. The zero-order valence-corrected chi connectivity index (χ0v) is 10.4. The van der Waals surface area contributed by atoms with E-state index in [1.54, 1.807) is 0 Å². The van der Waals surface area contributed by atoms with Gasteiger partial charge in [0.2, 0.25) is 0 Å². The third-order valence-corrected chi connectivity index (χ3v) is 2.35. The average Bonchev–Trinajstić information content (AvgIpc) is 2.26. The van der Waals surface area contributed by atoms with Crippen LogP contribution in [0.15, 0.2) is 24.3 Å². The van der Waals surface area contributed by atoms with Crippen LogP contribution in [-0.2, 0) is 0 Å². The van der Waals surface area contributed by atoms with E-state index < -0.39 is 0 Å². The summed E-state index contributed by atoms with van der Waals surface area (Å²) in [5.41, 5.74) is 5.57. The van der Waals surface area contributed by atoms with Crippen molar-refractivity contribution < 1.29 is 9.47 Å². The smallest absolute Gasteiger partial charge is 0.148 e. The largest absolute Gasteiger partial charge is 0.494 e. The lowest BCUT2D eigenvalue weighted by Crippen LogP contribution is -2.31. The molecule has 0 fully saturated rings. The molecule has 1 aromatic carbocycles. The Morgan fingerprint density at radius 3 is 2.62 bits per heavy atom. The summed E-state index contributed by atoms with van der Waals surface area (Å²) in [4.78, 5) is 0.379. The molecule has 0 aliphatic heterocycles. The Kier molecular flexibility index (Phi) is 5.05. The molecule has 0 aromatic heterocycles. The summed E-state index contributed by atoms with van der Waals surface area (Å²) in [6, 6.07) is 7.47. The van der Waals surface area contributed by atoms with Gasteiger partial charge in [-0.05, 0) is 25.5 Å². The summed E-state index contributed by atoms with van der Waals surface area (Å²) in [5.74, 6) is 1.52. The quantitative estimate of drug-likeness (QED) is 0.775. The normalized spacial score (nSPS) is 11.9. The van der Waals surface area contributed by atoms with E-state index in [0.717, 1.165) is 17.9 Å². The topological polar surface area (TPSA) is 44.5 Å². The maximum atomic E-state index is 5.67. The lowest BCUT2D eigenvalue weighted by atomic mass is 10.2. The van der Waals surface area contributed by atoms with E-state index in [1.165, 1.54) is 0 Å². The molecule has 0 aliphatic rings. The van der Waals surface area contributed by atoms with E-state index in [4.69, 9.17) is 27.4 Å². The third kappa shape index (κ3) is 3.70. The average molecular weight is 239 g/mol. The Balaban J connectivity index is 2.72. The molecule has 4 heteroatoms. The molecule has 0 amide bonds. The Labute approximate surface area is 102 Å². The molecule has 1 rings (SSSR count). The number of ether oxygens (including phenoxy) is 2. The van der Waals surface area contributed by atoms with Crippen molar-refractivity contribution in [2.45, 2.75) is 26.4 Å². The molecule has 0 aliphatic carbocycles. The molecule has 1 atom stereocenters. The van der Waals surface area contributed by atoms with Gasteiger partial charge in [-0.25, -0.2) is 0 Å². The molecule has 0 saturated heterocycles. The zero-order valence-electron chi connectivity index (χ0n) is 9.60. The second kappa shape index (κ2) is 6.33. The summed E-state index contributed by atoms with van der Waals surface area (Å²) >= 11 is 4.92. The number of thiocarbonyl (C=S) groups is 1. The fourth-order valence-electron chi connectivity index (χ4n) is 1.31. The molecular weight excluding hydrogens is 222 g/mol. The minimum atomic E-state index is -0.216. The molecule has 0 bridgehead atoms. The van der Waals surface area contributed by atoms with Gasteiger partial charge >= 0.3 is 0 Å². The van der Waals surface area contributed by atoms with E-state index in [9.17, 15) is 0 Å². The molecule has 3 nitrogen and oxygen atoms in total. The van der Waals surface area contributed by atoms with Gasteiger partial charge in [-0.2, -0.15) is 0 Å². The highest BCUT2D eigenvalue weighted by Crippen LogP contribution is 2.21. The lowest BCUT2D eigenvalue weighted by Gasteiger charge is -2.16. The van der Waals surface area contributed by atoms with Crippen LogP contribution in [0.3, 0.4) is 0 Å². The van der Waals surface area contributed by atoms with Gasteiger partial charge in [0.1, 0.15) is 22.6 Å². The first-order valence-electron chi connectivity index (χ1n) is 5.36. The van der Waals surface area contributed by atoms with Crippen LogP contribution in [0.25, 0.3) is 0 Å². The molecule has 88 valence electrons. The van der Waals surface area contributed by atoms with Crippen molar-refractivity contribution in [2.24, 2.45) is 5.73 Å². The molecule has 1 aromatic rings. The van der Waals surface area contributed by atoms with E-state index in [0.29, 0.717) is 11.6 Å². The summed E-state index contributed by atoms with van der Waals surface area (Å²) in [6.07, 6.45) is 0.542. The van der Waals surface area contributed by atoms with E-state index in [1.807, 2.05) is 38.1 Å². The summed E-state index contributed by atoms with van der Waals surface area (Å²) in [7, 11) is 0. The minimum Gasteiger partial charge on any atom is -0.494 e. The van der Waals surface area contributed by atoms with Gasteiger partial charge in [-0.15, -0.1) is 0 Å². The highest BCUT2D eigenvalue weighted by Gasteiger charge is 2.11. The van der Waals surface area contributed by atoms with Crippen LogP contribution in [0.2, 0.25) is 0 Å². The van der Waals surface area contributed by atoms with Crippen LogP contribution in [0.1, 0.15) is 20.3 Å². The van der Waals surface area contributed by atoms with E-state index in [-0.39, 0.29) is 6.10 Å². The third-order valence-electron chi connectivity index (χ3n) is 2.08. The number of rotatable bonds is 6. The number of benzene rings is 1. The predicted octanol–water partition coefficient (Wildman–Crippen LogP) is 2.53. The van der Waals surface area contributed by atoms with Gasteiger partial charge < -0.3 is 15.2 Å². The van der Waals surface area contributed by atoms with Crippen LogP contribution in [0.4, 0.5) is 0 Å². The SMILES string of the molecule is CCOc1cccc(OC(CC)C(N)=S)c1. The summed E-state index contributed by atoms with van der Waals surface area (Å²) in [5, 5.41) is 0. The van der Waals surface area contributed by atoms with Gasteiger partial charge in [0.15, 0.2) is 0 Å². The van der Waals surface area contributed by atoms with Crippen molar-refractivity contribution in [2.75, 3.05) is 6.61 Å². The number of hydrogen-bond donors (Lipinski definition) is 1. The van der Waals surface area contributed by atoms with Gasteiger partial charge in [-0.1, -0.05) is 25.2 Å². The van der Waals surface area contributed by atoms with Crippen molar-refractivity contribution in [3.8, 4) is 11.5 Å². The standard InChI is InChI=1S/C12H17NO2S/c1-3-11(12(13)16)15-10-7-5-6-9(8-10)14-4-2/h5-8,11H,3-4H2,1-2H3,(H2,13,16). The van der Waals surface area contributed by atoms with Crippen LogP contribution >= 0.6 is 12.2 Å². The fraction of sp³-hybridized carbons (Fsp3) is 0.417. The van der Waals surface area contributed by atoms with E-state index in [2.05, 4.69) is 0 Å². The van der Waals surface area contributed by atoms with Crippen molar-refractivity contribution in [1.29, 1.82) is 0 Å². The van der Waals surface area contributed by atoms with E-state index >= 15 is 0 Å². The van der Waals surface area contributed by atoms with Gasteiger partial charge in [0.05, 0.1) is 6.61 Å². The molecular formula is C12H17NO2S. The first-order chi connectivity index (χ1) is 7.67. The summed E-state index contributed by atoms with van der Waals surface area (Å²) < 4.78 is 11.0. The second-order valence-electron chi connectivity index (χ2n) is 3.32. The summed E-state index contributed by atoms with van der Waals surface area (Å²) in [6.45, 7) is 4.56. The molecule has 1 unspecified atom stereocenters. The number of nitrogens with two attached hydrogens (primary N) is 1. The van der Waals surface area contributed by atoms with Crippen molar-refractivity contribution in [1.82, 2.24) is 0 Å². The first-order valence-corrected chi connectivity index (χ1v) is 5.77.